The van der Waals surface area contributed by atoms with Crippen LogP contribution in [-0.2, 0) is 11.4 Å². The molecule has 2 aliphatic rings. The molecule has 1 heterocycles. The van der Waals surface area contributed by atoms with Crippen LogP contribution in [0.25, 0.3) is 0 Å². The van der Waals surface area contributed by atoms with Gasteiger partial charge >= 0.3 is 6.09 Å². The van der Waals surface area contributed by atoms with E-state index in [-0.39, 0.29) is 4.75 Å². The summed E-state index contributed by atoms with van der Waals surface area (Å²) in [4.78, 5) is 12.4. The quantitative estimate of drug-likeness (QED) is 0.764. The predicted molar refractivity (Wildman–Crippen MR) is 84.5 cm³/mol. The molecule has 1 aliphatic heterocycles. The van der Waals surface area contributed by atoms with E-state index in [0.717, 1.165) is 19.3 Å². The maximum atomic E-state index is 12.3. The number of hydrogen-bond acceptors (Lipinski definition) is 3. The molecule has 0 aromatic carbocycles. The Kier molecular flexibility index (Phi) is 5.43. The van der Waals surface area contributed by atoms with Gasteiger partial charge in [0, 0.05) is 24.5 Å². The lowest BCUT2D eigenvalue weighted by atomic mass is 9.89. The molecule has 1 amide bonds. The summed E-state index contributed by atoms with van der Waals surface area (Å²) in [7, 11) is 0. The average Bonchev–Trinajstić information content (AvgIpc) is 3.21. The highest BCUT2D eigenvalue weighted by Gasteiger charge is 2.39. The Bertz CT molecular complexity index is 360. The summed E-state index contributed by atoms with van der Waals surface area (Å²) in [6, 6.07) is 0.325. The summed E-state index contributed by atoms with van der Waals surface area (Å²) in [5, 5.41) is 8.99. The van der Waals surface area contributed by atoms with E-state index < -0.39 is 17.5 Å². The van der Waals surface area contributed by atoms with Crippen LogP contribution in [0.2, 0.25) is 0 Å². The second-order valence-electron chi connectivity index (χ2n) is 7.39. The zero-order valence-electron chi connectivity index (χ0n) is 13.3. The smallest absolute Gasteiger partial charge is 0.407 e. The van der Waals surface area contributed by atoms with Crippen molar-refractivity contribution in [3.63, 3.8) is 0 Å². The van der Waals surface area contributed by atoms with Gasteiger partial charge in [0.1, 0.15) is 4.75 Å². The van der Waals surface area contributed by atoms with Crippen LogP contribution in [0.1, 0.15) is 52.9 Å². The van der Waals surface area contributed by atoms with Crippen LogP contribution < -0.4 is 4.72 Å². The van der Waals surface area contributed by atoms with Crippen molar-refractivity contribution in [3.8, 4) is 0 Å². The molecule has 0 aromatic heterocycles. The number of likely N-dealkylation sites (tertiary alicyclic amines) is 1. The third kappa shape index (κ3) is 5.04. The maximum Gasteiger partial charge on any atom is 0.407 e. The fourth-order valence-corrected chi connectivity index (χ4v) is 3.79. The molecule has 1 saturated heterocycles. The Morgan fingerprint density at radius 2 is 1.90 bits per heavy atom. The van der Waals surface area contributed by atoms with Gasteiger partial charge in [-0.15, -0.1) is 4.72 Å². The molecule has 122 valence electrons. The van der Waals surface area contributed by atoms with Crippen molar-refractivity contribution in [2.75, 3.05) is 13.1 Å². The Morgan fingerprint density at radius 3 is 2.33 bits per heavy atom. The monoisotopic (exact) mass is 316 g/mol. The van der Waals surface area contributed by atoms with Crippen LogP contribution in [0.4, 0.5) is 4.79 Å². The van der Waals surface area contributed by atoms with Crippen LogP contribution in [0.3, 0.4) is 0 Å². The van der Waals surface area contributed by atoms with E-state index >= 15 is 0 Å². The number of carboxylic acid groups (broad SMARTS) is 1. The molecule has 0 aromatic rings. The zero-order chi connectivity index (χ0) is 15.6. The van der Waals surface area contributed by atoms with E-state index in [4.69, 9.17) is 5.11 Å². The van der Waals surface area contributed by atoms with Crippen molar-refractivity contribution < 1.29 is 14.5 Å². The molecule has 2 rings (SSSR count). The summed E-state index contributed by atoms with van der Waals surface area (Å²) in [5.74, 6) is 1.21. The predicted octanol–water partition coefficient (Wildman–Crippen LogP) is 2.60. The van der Waals surface area contributed by atoms with Crippen LogP contribution in [0, 0.1) is 11.8 Å². The number of amides is 1. The van der Waals surface area contributed by atoms with Gasteiger partial charge in [-0.3, -0.25) is 0 Å². The molecular formula is C15H28N2O3S. The van der Waals surface area contributed by atoms with Crippen molar-refractivity contribution in [1.29, 1.82) is 0 Å². The van der Waals surface area contributed by atoms with Gasteiger partial charge in [0.25, 0.3) is 0 Å². The van der Waals surface area contributed by atoms with Crippen molar-refractivity contribution in [3.05, 3.63) is 0 Å². The first-order valence-electron chi connectivity index (χ1n) is 7.93. The number of nitrogens with one attached hydrogen (secondary N) is 1. The van der Waals surface area contributed by atoms with Gasteiger partial charge in [0.2, 0.25) is 0 Å². The molecule has 1 saturated carbocycles. The Balaban J connectivity index is 1.82. The summed E-state index contributed by atoms with van der Waals surface area (Å²) >= 11 is -1.02. The van der Waals surface area contributed by atoms with Gasteiger partial charge in [0.15, 0.2) is 0 Å². The first-order valence-corrected chi connectivity index (χ1v) is 9.08. The van der Waals surface area contributed by atoms with Crippen LogP contribution in [0.5, 0.6) is 0 Å². The Morgan fingerprint density at radius 1 is 1.33 bits per heavy atom. The van der Waals surface area contributed by atoms with E-state index in [1.54, 1.807) is 0 Å². The summed E-state index contributed by atoms with van der Waals surface area (Å²) in [5.41, 5.74) is 0. The SMILES string of the molecule is CC(C)(C)[S@+]([O-])NC(CC1CCN(C(=O)O)CC1)C1CC1. The minimum absolute atomic E-state index is 0.236. The van der Waals surface area contributed by atoms with Crippen molar-refractivity contribution in [2.45, 2.75) is 63.7 Å². The maximum absolute atomic E-state index is 12.3. The molecule has 1 unspecified atom stereocenters. The third-order valence-electron chi connectivity index (χ3n) is 4.48. The Labute approximate surface area is 130 Å². The molecule has 6 heteroatoms. The largest absolute Gasteiger partial charge is 0.598 e. The number of piperidine rings is 1. The normalized spacial score (nSPS) is 23.9. The van der Waals surface area contributed by atoms with Gasteiger partial charge in [-0.1, -0.05) is 0 Å². The van der Waals surface area contributed by atoms with Crippen LogP contribution in [-0.4, -0.2) is 44.5 Å². The molecular weight excluding hydrogens is 288 g/mol. The number of carbonyl (C=O) groups is 1. The highest BCUT2D eigenvalue weighted by Crippen LogP contribution is 2.37. The molecule has 5 nitrogen and oxygen atoms in total. The Hall–Kier alpha value is -0.460. The third-order valence-corrected chi connectivity index (χ3v) is 6.11. The molecule has 0 spiro atoms. The molecule has 0 bridgehead atoms. The number of nitrogens with zero attached hydrogens (tertiary/aromatic N) is 1. The molecule has 21 heavy (non-hydrogen) atoms. The van der Waals surface area contributed by atoms with Gasteiger partial charge in [-0.05, 0) is 64.7 Å². The second-order valence-corrected chi connectivity index (χ2v) is 9.39. The van der Waals surface area contributed by atoms with Crippen molar-refractivity contribution in [2.24, 2.45) is 11.8 Å². The van der Waals surface area contributed by atoms with Crippen LogP contribution >= 0.6 is 0 Å². The zero-order valence-corrected chi connectivity index (χ0v) is 14.1. The summed E-state index contributed by atoms with van der Waals surface area (Å²) in [6.45, 7) is 7.25. The van der Waals surface area contributed by atoms with E-state index in [0.29, 0.717) is 31.0 Å². The van der Waals surface area contributed by atoms with Gasteiger partial charge in [-0.2, -0.15) is 0 Å². The lowest BCUT2D eigenvalue weighted by Gasteiger charge is -2.33. The number of hydrogen-bond donors (Lipinski definition) is 2. The molecule has 0 radical (unpaired) electrons. The van der Waals surface area contributed by atoms with Gasteiger partial charge in [-0.25, -0.2) is 4.79 Å². The topological polar surface area (TPSA) is 75.6 Å². The van der Waals surface area contributed by atoms with Crippen molar-refractivity contribution in [1.82, 2.24) is 9.62 Å². The molecule has 2 N–H and O–H groups in total. The van der Waals surface area contributed by atoms with E-state index in [1.807, 2.05) is 20.8 Å². The van der Waals surface area contributed by atoms with Gasteiger partial charge < -0.3 is 14.6 Å². The first-order chi connectivity index (χ1) is 9.77. The van der Waals surface area contributed by atoms with E-state index in [1.165, 1.54) is 17.7 Å². The average molecular weight is 316 g/mol. The fourth-order valence-electron chi connectivity index (χ4n) is 2.87. The molecule has 2 atom stereocenters. The lowest BCUT2D eigenvalue weighted by Crippen LogP contribution is -2.47. The van der Waals surface area contributed by atoms with Crippen molar-refractivity contribution >= 4 is 17.5 Å². The summed E-state index contributed by atoms with van der Waals surface area (Å²) in [6.07, 6.45) is 4.54. The molecule has 2 fully saturated rings. The minimum Gasteiger partial charge on any atom is -0.598 e. The second kappa shape index (κ2) is 6.75. The minimum atomic E-state index is -1.02. The number of rotatable bonds is 5. The van der Waals surface area contributed by atoms with E-state index in [2.05, 4.69) is 4.72 Å². The van der Waals surface area contributed by atoms with Gasteiger partial charge in [0.05, 0.1) is 6.04 Å². The van der Waals surface area contributed by atoms with Crippen LogP contribution in [0.15, 0.2) is 0 Å². The highest BCUT2D eigenvalue weighted by molar-refractivity contribution is 7.90. The molecule has 1 aliphatic carbocycles. The standard InChI is InChI=1S/C15H28N2O3S/c1-15(2,3)21(20)16-13(12-4-5-12)10-11-6-8-17(9-7-11)14(18)19/h11-13,16H,4-10H2,1-3H3,(H,18,19)/t13?,21-/m0/s1. The highest BCUT2D eigenvalue weighted by atomic mass is 32.2. The lowest BCUT2D eigenvalue weighted by molar-refractivity contribution is 0.121. The summed E-state index contributed by atoms with van der Waals surface area (Å²) < 4.78 is 15.4. The van der Waals surface area contributed by atoms with E-state index in [9.17, 15) is 9.35 Å². The first kappa shape index (κ1) is 16.9. The fraction of sp³-hybridized carbons (Fsp3) is 0.933.